The van der Waals surface area contributed by atoms with Gasteiger partial charge in [-0.05, 0) is 30.2 Å². The van der Waals surface area contributed by atoms with E-state index in [9.17, 15) is 0 Å². The Hall–Kier alpha value is -0.980. The minimum absolute atomic E-state index is 1.29. The van der Waals surface area contributed by atoms with Crippen LogP contribution in [0.15, 0.2) is 12.1 Å². The van der Waals surface area contributed by atoms with Crippen molar-refractivity contribution in [2.75, 3.05) is 12.4 Å². The van der Waals surface area contributed by atoms with Gasteiger partial charge in [0.2, 0.25) is 0 Å². The molecule has 1 N–H and O–H groups in total. The van der Waals surface area contributed by atoms with Crippen molar-refractivity contribution in [3.05, 3.63) is 17.7 Å². The van der Waals surface area contributed by atoms with Crippen LogP contribution < -0.4 is 5.32 Å². The van der Waals surface area contributed by atoms with Crippen molar-refractivity contribution >= 4 is 5.69 Å². The van der Waals surface area contributed by atoms with Gasteiger partial charge in [0.15, 0.2) is 0 Å². The first-order chi connectivity index (χ1) is 4.33. The van der Waals surface area contributed by atoms with Crippen molar-refractivity contribution in [2.45, 2.75) is 6.92 Å². The molecule has 0 atom stereocenters. The standard InChI is InChI=1S/C8H9N/c1-5-3-7-6(5)4-8(7)9-2/h3-4,9H,1-2H3. The topological polar surface area (TPSA) is 12.0 Å². The molecule has 0 aromatic carbocycles. The highest BCUT2D eigenvalue weighted by atomic mass is 14.8. The first-order valence-corrected chi connectivity index (χ1v) is 3.15. The molecule has 0 saturated heterocycles. The zero-order valence-electron chi connectivity index (χ0n) is 5.65. The van der Waals surface area contributed by atoms with Gasteiger partial charge in [0, 0.05) is 18.3 Å². The molecule has 0 amide bonds. The molecule has 0 unspecified atom stereocenters. The zero-order chi connectivity index (χ0) is 6.43. The van der Waals surface area contributed by atoms with Gasteiger partial charge in [-0.1, -0.05) is 0 Å². The van der Waals surface area contributed by atoms with Gasteiger partial charge in [-0.3, -0.25) is 0 Å². The summed E-state index contributed by atoms with van der Waals surface area (Å²) in [6.45, 7) is 2.14. The van der Waals surface area contributed by atoms with Crippen molar-refractivity contribution in [2.24, 2.45) is 0 Å². The number of anilines is 1. The number of benzene rings is 1. The minimum atomic E-state index is 1.29. The van der Waals surface area contributed by atoms with Crippen LogP contribution in [0.4, 0.5) is 5.69 Å². The Balaban J connectivity index is 2.45. The monoisotopic (exact) mass is 119 g/mol. The summed E-state index contributed by atoms with van der Waals surface area (Å²) in [5.41, 5.74) is 5.56. The normalized spacial score (nSPS) is 11.3. The van der Waals surface area contributed by atoms with Crippen LogP contribution in [-0.4, -0.2) is 7.05 Å². The lowest BCUT2D eigenvalue weighted by Gasteiger charge is -2.24. The Morgan fingerprint density at radius 2 is 2.00 bits per heavy atom. The Labute approximate surface area is 54.7 Å². The molecule has 0 radical (unpaired) electrons. The summed E-state index contributed by atoms with van der Waals surface area (Å²) in [5.74, 6) is 0. The predicted molar refractivity (Wildman–Crippen MR) is 39.7 cm³/mol. The number of rotatable bonds is 1. The average Bonchev–Trinajstić information content (AvgIpc) is 1.83. The molecule has 0 heterocycles. The Morgan fingerprint density at radius 3 is 2.33 bits per heavy atom. The van der Waals surface area contributed by atoms with Crippen LogP contribution in [0.5, 0.6) is 0 Å². The zero-order valence-corrected chi connectivity index (χ0v) is 5.65. The Bertz CT molecular complexity index is 264. The molecule has 9 heavy (non-hydrogen) atoms. The lowest BCUT2D eigenvalue weighted by molar-refractivity contribution is 1.35. The summed E-state index contributed by atoms with van der Waals surface area (Å²) >= 11 is 0. The van der Waals surface area contributed by atoms with Gasteiger partial charge in [-0.2, -0.15) is 0 Å². The van der Waals surface area contributed by atoms with Crippen LogP contribution in [0.2, 0.25) is 0 Å². The quantitative estimate of drug-likeness (QED) is 0.605. The van der Waals surface area contributed by atoms with E-state index in [1.165, 1.54) is 22.4 Å². The summed E-state index contributed by atoms with van der Waals surface area (Å²) < 4.78 is 0. The van der Waals surface area contributed by atoms with E-state index < -0.39 is 0 Å². The van der Waals surface area contributed by atoms with Crippen molar-refractivity contribution in [1.29, 1.82) is 0 Å². The summed E-state index contributed by atoms with van der Waals surface area (Å²) in [7, 11) is 1.96. The molecule has 1 heteroatoms. The molecule has 2 aliphatic carbocycles. The van der Waals surface area contributed by atoms with Crippen LogP contribution >= 0.6 is 0 Å². The number of hydrogen-bond acceptors (Lipinski definition) is 1. The number of aryl methyl sites for hydroxylation is 1. The molecular weight excluding hydrogens is 110 g/mol. The lowest BCUT2D eigenvalue weighted by Crippen LogP contribution is -2.03. The highest BCUT2D eigenvalue weighted by molar-refractivity contribution is 5.94. The molecule has 0 saturated carbocycles. The molecule has 0 fully saturated rings. The second kappa shape index (κ2) is 1.29. The van der Waals surface area contributed by atoms with Crippen LogP contribution in [0.1, 0.15) is 5.56 Å². The summed E-state index contributed by atoms with van der Waals surface area (Å²) in [4.78, 5) is 0. The van der Waals surface area contributed by atoms with Gasteiger partial charge in [0.05, 0.1) is 0 Å². The second-order valence-electron chi connectivity index (χ2n) is 2.46. The van der Waals surface area contributed by atoms with Crippen molar-refractivity contribution < 1.29 is 0 Å². The highest BCUT2D eigenvalue weighted by Crippen LogP contribution is 2.44. The van der Waals surface area contributed by atoms with E-state index in [0.717, 1.165) is 0 Å². The predicted octanol–water partition coefficient (Wildman–Crippen LogP) is 2.02. The highest BCUT2D eigenvalue weighted by Gasteiger charge is 2.18. The fraction of sp³-hybridized carbons (Fsp3) is 0.250. The molecule has 46 valence electrons. The van der Waals surface area contributed by atoms with E-state index in [1.54, 1.807) is 0 Å². The smallest absolute Gasteiger partial charge is 0.0423 e. The molecule has 0 bridgehead atoms. The number of fused-ring (bicyclic) bond motifs is 1. The number of hydrogen-bond donors (Lipinski definition) is 1. The maximum Gasteiger partial charge on any atom is 0.0423 e. The maximum atomic E-state index is 3.11. The van der Waals surface area contributed by atoms with Gasteiger partial charge < -0.3 is 5.32 Å². The van der Waals surface area contributed by atoms with Crippen LogP contribution in [0, 0.1) is 6.92 Å². The van der Waals surface area contributed by atoms with E-state index >= 15 is 0 Å². The minimum Gasteiger partial charge on any atom is -0.388 e. The van der Waals surface area contributed by atoms with Gasteiger partial charge in [-0.15, -0.1) is 0 Å². The molecular formula is C8H9N. The van der Waals surface area contributed by atoms with Gasteiger partial charge in [-0.25, -0.2) is 0 Å². The van der Waals surface area contributed by atoms with Crippen molar-refractivity contribution in [3.8, 4) is 11.1 Å². The van der Waals surface area contributed by atoms with E-state index in [2.05, 4.69) is 24.4 Å². The first-order valence-electron chi connectivity index (χ1n) is 3.15. The third kappa shape index (κ3) is 0.400. The van der Waals surface area contributed by atoms with E-state index in [-0.39, 0.29) is 0 Å². The third-order valence-electron chi connectivity index (χ3n) is 1.92. The van der Waals surface area contributed by atoms with E-state index in [4.69, 9.17) is 0 Å². The molecule has 2 rings (SSSR count). The summed E-state index contributed by atoms with van der Waals surface area (Å²) in [6, 6.07) is 4.39. The Kier molecular flexibility index (Phi) is 0.699. The summed E-state index contributed by atoms with van der Waals surface area (Å²) in [6.07, 6.45) is 0. The van der Waals surface area contributed by atoms with E-state index in [0.29, 0.717) is 0 Å². The molecule has 1 nitrogen and oxygen atoms in total. The second-order valence-corrected chi connectivity index (χ2v) is 2.46. The Morgan fingerprint density at radius 1 is 1.22 bits per heavy atom. The maximum absolute atomic E-state index is 3.11. The fourth-order valence-electron chi connectivity index (χ4n) is 1.27. The van der Waals surface area contributed by atoms with Gasteiger partial charge >= 0.3 is 0 Å². The van der Waals surface area contributed by atoms with Crippen molar-refractivity contribution in [1.82, 2.24) is 0 Å². The summed E-state index contributed by atoms with van der Waals surface area (Å²) in [5, 5.41) is 3.11. The molecule has 0 aliphatic heterocycles. The van der Waals surface area contributed by atoms with Gasteiger partial charge in [0.25, 0.3) is 0 Å². The fourth-order valence-corrected chi connectivity index (χ4v) is 1.27. The number of nitrogens with one attached hydrogen (secondary N) is 1. The van der Waals surface area contributed by atoms with Crippen LogP contribution in [0.3, 0.4) is 0 Å². The van der Waals surface area contributed by atoms with E-state index in [1.807, 2.05) is 7.05 Å². The lowest BCUT2D eigenvalue weighted by atomic mass is 9.85. The largest absolute Gasteiger partial charge is 0.388 e. The molecule has 2 aliphatic rings. The first kappa shape index (κ1) is 4.86. The third-order valence-corrected chi connectivity index (χ3v) is 1.92. The van der Waals surface area contributed by atoms with Crippen LogP contribution in [0.25, 0.3) is 11.1 Å². The van der Waals surface area contributed by atoms with Crippen molar-refractivity contribution in [3.63, 3.8) is 0 Å². The molecule has 0 spiro atoms. The SMILES string of the molecule is CNc1cc2c(C)cc1-2. The van der Waals surface area contributed by atoms with Gasteiger partial charge in [0.1, 0.15) is 0 Å². The average molecular weight is 119 g/mol. The molecule has 0 aromatic heterocycles. The molecule has 0 aromatic rings. The van der Waals surface area contributed by atoms with Crippen LogP contribution in [-0.2, 0) is 0 Å².